The second kappa shape index (κ2) is 12.1. The summed E-state index contributed by atoms with van der Waals surface area (Å²) in [7, 11) is 1.38. The molecule has 1 aliphatic carbocycles. The van der Waals surface area contributed by atoms with E-state index in [0.717, 1.165) is 48.2 Å². The molecule has 4 rings (SSSR count). The smallest absolute Gasteiger partial charge is 0.305 e. The van der Waals surface area contributed by atoms with Crippen LogP contribution in [-0.2, 0) is 20.7 Å². The molecule has 2 aromatic carbocycles. The van der Waals surface area contributed by atoms with Crippen LogP contribution < -0.4 is 4.74 Å². The minimum atomic E-state index is -0.236. The van der Waals surface area contributed by atoms with Gasteiger partial charge < -0.3 is 14.4 Å². The van der Waals surface area contributed by atoms with Gasteiger partial charge in [-0.15, -0.1) is 0 Å². The van der Waals surface area contributed by atoms with E-state index >= 15 is 0 Å². The Morgan fingerprint density at radius 3 is 2.34 bits per heavy atom. The van der Waals surface area contributed by atoms with Crippen LogP contribution in [-0.4, -0.2) is 43.1 Å². The van der Waals surface area contributed by atoms with Crippen molar-refractivity contribution in [1.82, 2.24) is 4.90 Å². The Hall–Kier alpha value is -2.24. The van der Waals surface area contributed by atoms with Crippen LogP contribution in [0, 0.1) is 5.92 Å². The zero-order valence-corrected chi connectivity index (χ0v) is 21.7. The van der Waals surface area contributed by atoms with E-state index in [1.165, 1.54) is 26.4 Å². The Morgan fingerprint density at radius 2 is 1.69 bits per heavy atom. The van der Waals surface area contributed by atoms with Gasteiger partial charge in [0.1, 0.15) is 5.75 Å². The minimum absolute atomic E-state index is 0.0478. The number of hydrogen-bond acceptors (Lipinski definition) is 4. The van der Waals surface area contributed by atoms with Gasteiger partial charge in [-0.25, -0.2) is 0 Å². The molecule has 0 spiro atoms. The van der Waals surface area contributed by atoms with Gasteiger partial charge in [-0.2, -0.15) is 0 Å². The maximum atomic E-state index is 13.1. The molecule has 0 radical (unpaired) electrons. The lowest BCUT2D eigenvalue weighted by Gasteiger charge is -2.31. The largest absolute Gasteiger partial charge is 0.494 e. The highest BCUT2D eigenvalue weighted by Crippen LogP contribution is 2.37. The molecule has 1 amide bonds. The summed E-state index contributed by atoms with van der Waals surface area (Å²) in [5.74, 6) is 0.707. The van der Waals surface area contributed by atoms with Crippen molar-refractivity contribution in [3.63, 3.8) is 0 Å². The number of likely N-dealkylation sites (tertiary alicyclic amines) is 1. The molecule has 1 saturated heterocycles. The van der Waals surface area contributed by atoms with Gasteiger partial charge in [-0.1, -0.05) is 54.6 Å². The van der Waals surface area contributed by atoms with E-state index < -0.39 is 0 Å². The van der Waals surface area contributed by atoms with Crippen LogP contribution in [0.3, 0.4) is 0 Å². The molecule has 188 valence electrons. The third kappa shape index (κ3) is 6.50. The van der Waals surface area contributed by atoms with Gasteiger partial charge in [0.15, 0.2) is 0 Å². The SMILES string of the molecule is COC(=O)CCCOc1ccc(-c2cc(Cl)c(CC3CCN(C4CCCCC4)C3=O)c(Cl)c2)cc1. The van der Waals surface area contributed by atoms with Gasteiger partial charge in [-0.3, -0.25) is 9.59 Å². The summed E-state index contributed by atoms with van der Waals surface area (Å²) in [6, 6.07) is 12.0. The van der Waals surface area contributed by atoms with E-state index in [0.29, 0.717) is 42.0 Å². The topological polar surface area (TPSA) is 55.8 Å². The highest BCUT2D eigenvalue weighted by atomic mass is 35.5. The first-order valence-corrected chi connectivity index (χ1v) is 13.3. The van der Waals surface area contributed by atoms with Gasteiger partial charge in [-0.05, 0) is 73.1 Å². The van der Waals surface area contributed by atoms with Gasteiger partial charge in [0, 0.05) is 35.0 Å². The number of hydrogen-bond donors (Lipinski definition) is 0. The first-order chi connectivity index (χ1) is 17.0. The highest BCUT2D eigenvalue weighted by Gasteiger charge is 2.36. The fourth-order valence-electron chi connectivity index (χ4n) is 5.17. The molecule has 1 heterocycles. The second-order valence-electron chi connectivity index (χ2n) is 9.48. The van der Waals surface area contributed by atoms with E-state index in [1.54, 1.807) is 0 Å². The monoisotopic (exact) mass is 517 g/mol. The van der Waals surface area contributed by atoms with E-state index in [4.69, 9.17) is 27.9 Å². The first kappa shape index (κ1) is 25.8. The Labute approximate surface area is 217 Å². The molecule has 5 nitrogen and oxygen atoms in total. The van der Waals surface area contributed by atoms with Crippen LogP contribution in [0.5, 0.6) is 5.75 Å². The maximum absolute atomic E-state index is 13.1. The molecular weight excluding hydrogens is 485 g/mol. The number of methoxy groups -OCH3 is 1. The van der Waals surface area contributed by atoms with Crippen molar-refractivity contribution >= 4 is 35.1 Å². The average molecular weight is 518 g/mol. The molecule has 2 fully saturated rings. The van der Waals surface area contributed by atoms with E-state index in [-0.39, 0.29) is 17.8 Å². The standard InChI is InChI=1S/C28H33Cl2NO4/c1-34-27(32)8-5-15-35-23-11-9-19(10-12-23)21-17-25(29)24(26(30)18-21)16-20-13-14-31(28(20)33)22-6-3-2-4-7-22/h9-12,17-18,20,22H,2-8,13-16H2,1H3. The van der Waals surface area contributed by atoms with Crippen molar-refractivity contribution < 1.29 is 19.1 Å². The minimum Gasteiger partial charge on any atom is -0.494 e. The summed E-state index contributed by atoms with van der Waals surface area (Å²) in [4.78, 5) is 26.4. The first-order valence-electron chi connectivity index (χ1n) is 12.5. The molecule has 0 aromatic heterocycles. The average Bonchev–Trinajstić information content (AvgIpc) is 3.24. The van der Waals surface area contributed by atoms with Gasteiger partial charge >= 0.3 is 5.97 Å². The highest BCUT2D eigenvalue weighted by molar-refractivity contribution is 6.36. The van der Waals surface area contributed by atoms with Crippen molar-refractivity contribution in [3.05, 3.63) is 52.0 Å². The molecule has 7 heteroatoms. The summed E-state index contributed by atoms with van der Waals surface area (Å²) in [5, 5.41) is 1.19. The fraction of sp³-hybridized carbons (Fsp3) is 0.500. The Morgan fingerprint density at radius 1 is 1.00 bits per heavy atom. The number of ether oxygens (including phenoxy) is 2. The van der Waals surface area contributed by atoms with E-state index in [2.05, 4.69) is 9.64 Å². The lowest BCUT2D eigenvalue weighted by atomic mass is 9.93. The van der Waals surface area contributed by atoms with E-state index in [9.17, 15) is 9.59 Å². The van der Waals surface area contributed by atoms with Gasteiger partial charge in [0.25, 0.3) is 0 Å². The van der Waals surface area contributed by atoms with Crippen LogP contribution >= 0.6 is 23.2 Å². The Balaban J connectivity index is 1.37. The van der Waals surface area contributed by atoms with Crippen molar-refractivity contribution in [2.75, 3.05) is 20.3 Å². The summed E-state index contributed by atoms with van der Waals surface area (Å²) in [6.45, 7) is 1.29. The van der Waals surface area contributed by atoms with Crippen LogP contribution in [0.2, 0.25) is 10.0 Å². The number of carbonyl (C=O) groups is 2. The number of amides is 1. The molecule has 1 atom stereocenters. The quantitative estimate of drug-likeness (QED) is 0.273. The van der Waals surface area contributed by atoms with Gasteiger partial charge in [0.2, 0.25) is 5.91 Å². The summed E-state index contributed by atoms with van der Waals surface area (Å²) < 4.78 is 10.3. The summed E-state index contributed by atoms with van der Waals surface area (Å²) >= 11 is 13.4. The Kier molecular flexibility index (Phi) is 8.96. The molecule has 1 saturated carbocycles. The Bertz CT molecular complexity index is 1010. The zero-order chi connectivity index (χ0) is 24.8. The third-order valence-electron chi connectivity index (χ3n) is 7.17. The third-order valence-corrected chi connectivity index (χ3v) is 7.84. The molecule has 35 heavy (non-hydrogen) atoms. The lowest BCUT2D eigenvalue weighted by Crippen LogP contribution is -2.39. The van der Waals surface area contributed by atoms with Crippen molar-refractivity contribution in [2.24, 2.45) is 5.92 Å². The number of benzene rings is 2. The van der Waals surface area contributed by atoms with Crippen molar-refractivity contribution in [1.29, 1.82) is 0 Å². The zero-order valence-electron chi connectivity index (χ0n) is 20.2. The van der Waals surface area contributed by atoms with Crippen LogP contribution in [0.25, 0.3) is 11.1 Å². The predicted octanol–water partition coefficient (Wildman–Crippen LogP) is 6.72. The molecule has 0 N–H and O–H groups in total. The predicted molar refractivity (Wildman–Crippen MR) is 139 cm³/mol. The normalized spacial score (nSPS) is 18.7. The van der Waals surface area contributed by atoms with E-state index in [1.807, 2.05) is 36.4 Å². The molecule has 1 aliphatic heterocycles. The van der Waals surface area contributed by atoms with Crippen molar-refractivity contribution in [2.45, 2.75) is 63.8 Å². The number of esters is 1. The summed E-state index contributed by atoms with van der Waals surface area (Å²) in [5.41, 5.74) is 2.75. The number of nitrogens with zero attached hydrogens (tertiary/aromatic N) is 1. The molecule has 0 bridgehead atoms. The molecule has 2 aliphatic rings. The number of halogens is 2. The second-order valence-corrected chi connectivity index (χ2v) is 10.3. The van der Waals surface area contributed by atoms with Crippen LogP contribution in [0.1, 0.15) is 56.9 Å². The lowest BCUT2D eigenvalue weighted by molar-refractivity contribution is -0.140. The van der Waals surface area contributed by atoms with Crippen molar-refractivity contribution in [3.8, 4) is 16.9 Å². The van der Waals surface area contributed by atoms with Crippen LogP contribution in [0.15, 0.2) is 36.4 Å². The van der Waals surface area contributed by atoms with Crippen LogP contribution in [0.4, 0.5) is 0 Å². The number of carbonyl (C=O) groups excluding carboxylic acids is 2. The molecular formula is C28H33Cl2NO4. The molecule has 1 unspecified atom stereocenters. The maximum Gasteiger partial charge on any atom is 0.305 e. The fourth-order valence-corrected chi connectivity index (χ4v) is 5.81. The molecule has 2 aromatic rings. The summed E-state index contributed by atoms with van der Waals surface area (Å²) in [6.07, 6.45) is 8.38. The van der Waals surface area contributed by atoms with Gasteiger partial charge in [0.05, 0.1) is 13.7 Å². The number of rotatable bonds is 9.